The fraction of sp³-hybridized carbons (Fsp3) is 0.615. The smallest absolute Gasteiger partial charge is 0.312 e. The number of hydrazine groups is 1. The summed E-state index contributed by atoms with van der Waals surface area (Å²) in [7, 11) is -3.65. The van der Waals surface area contributed by atoms with Crippen LogP contribution in [-0.2, 0) is 30.6 Å². The minimum absolute atomic E-state index is 0.0473. The van der Waals surface area contributed by atoms with Gasteiger partial charge in [0, 0.05) is 29.6 Å². The van der Waals surface area contributed by atoms with Gasteiger partial charge in [0.15, 0.2) is 9.84 Å². The van der Waals surface area contributed by atoms with Gasteiger partial charge in [0.2, 0.25) is 17.6 Å². The zero-order valence-corrected chi connectivity index (χ0v) is 34.8. The van der Waals surface area contributed by atoms with Crippen molar-refractivity contribution in [3.8, 4) is 5.75 Å². The molecular weight excluding hydrogens is 685 g/mol. The van der Waals surface area contributed by atoms with E-state index in [-0.39, 0.29) is 45.1 Å². The van der Waals surface area contributed by atoms with Gasteiger partial charge in [0.25, 0.3) is 0 Å². The molecule has 0 saturated carbocycles. The number of nitrogens with one attached hydrogen (secondary N) is 3. The lowest BCUT2D eigenvalue weighted by Crippen LogP contribution is -2.41. The number of nitro benzene ring substituents is 1. The second kappa shape index (κ2) is 20.4. The van der Waals surface area contributed by atoms with Crippen molar-refractivity contribution in [3.05, 3.63) is 58.1 Å². The molecule has 0 radical (unpaired) electrons. The third-order valence-corrected chi connectivity index (χ3v) is 8.85. The Bertz CT molecular complexity index is 1580. The van der Waals surface area contributed by atoms with Crippen LogP contribution in [0.2, 0.25) is 0 Å². The molecule has 52 heavy (non-hydrogen) atoms. The molecule has 0 atom stereocenters. The van der Waals surface area contributed by atoms with Gasteiger partial charge in [-0.2, -0.15) is 0 Å². The summed E-state index contributed by atoms with van der Waals surface area (Å²) in [6.45, 7) is 28.9. The molecule has 2 rings (SSSR count). The van der Waals surface area contributed by atoms with E-state index in [0.717, 1.165) is 24.2 Å². The first-order valence-electron chi connectivity index (χ1n) is 17.6. The highest BCUT2D eigenvalue weighted by atomic mass is 32.2. The average Bonchev–Trinajstić information content (AvgIpc) is 2.95. The van der Waals surface area contributed by atoms with Gasteiger partial charge < -0.3 is 10.1 Å². The third-order valence-electron chi connectivity index (χ3n) is 6.70. The van der Waals surface area contributed by atoms with E-state index in [0.29, 0.717) is 18.4 Å². The summed E-state index contributed by atoms with van der Waals surface area (Å²) in [6.07, 6.45) is 1.70. The summed E-state index contributed by atoms with van der Waals surface area (Å²) in [5, 5.41) is 13.4. The maximum Gasteiger partial charge on any atom is 0.312 e. The molecule has 294 valence electrons. The van der Waals surface area contributed by atoms with Crippen molar-refractivity contribution in [2.24, 2.45) is 22.2 Å². The Kier molecular flexibility index (Phi) is 18.9. The summed E-state index contributed by atoms with van der Waals surface area (Å²) in [6, 6.07) is 11.7. The van der Waals surface area contributed by atoms with Crippen molar-refractivity contribution in [2.75, 3.05) is 5.32 Å². The van der Waals surface area contributed by atoms with Crippen LogP contribution in [0, 0.1) is 32.3 Å². The lowest BCUT2D eigenvalue weighted by atomic mass is 9.88. The van der Waals surface area contributed by atoms with Crippen LogP contribution in [0.25, 0.3) is 0 Å². The number of hydrogen-bond donors (Lipinski definition) is 3. The first-order valence-corrected chi connectivity index (χ1v) is 19.2. The maximum absolute atomic E-state index is 12.1. The highest BCUT2D eigenvalue weighted by Gasteiger charge is 2.27. The molecule has 2 amide bonds. The van der Waals surface area contributed by atoms with Gasteiger partial charge in [-0.25, -0.2) is 13.8 Å². The van der Waals surface area contributed by atoms with Crippen LogP contribution in [0.15, 0.2) is 47.4 Å². The molecule has 0 aliphatic carbocycles. The van der Waals surface area contributed by atoms with E-state index in [1.165, 1.54) is 25.5 Å². The fourth-order valence-corrected chi connectivity index (χ4v) is 5.13. The molecule has 12 nitrogen and oxygen atoms in total. The molecule has 0 aliphatic rings. The zero-order chi connectivity index (χ0) is 40.8. The number of esters is 1. The van der Waals surface area contributed by atoms with Crippen molar-refractivity contribution in [1.29, 1.82) is 0 Å². The molecule has 0 aromatic heterocycles. The fourth-order valence-electron chi connectivity index (χ4n) is 4.05. The first kappa shape index (κ1) is 48.2. The topological polar surface area (TPSA) is 174 Å². The first-order chi connectivity index (χ1) is 23.4. The molecule has 0 unspecified atom stereocenters. The molecular formula is C39H64N4O8S. The number of carbonyl (C=O) groups is 3. The van der Waals surface area contributed by atoms with E-state index in [9.17, 15) is 32.9 Å². The second-order valence-corrected chi connectivity index (χ2v) is 19.8. The van der Waals surface area contributed by atoms with Crippen molar-refractivity contribution in [1.82, 2.24) is 10.9 Å². The van der Waals surface area contributed by atoms with Gasteiger partial charge in [-0.3, -0.25) is 29.9 Å². The summed E-state index contributed by atoms with van der Waals surface area (Å²) >= 11 is 0. The average molecular weight is 749 g/mol. The summed E-state index contributed by atoms with van der Waals surface area (Å²) in [5.74, 6) is -0.337. The second-order valence-electron chi connectivity index (χ2n) is 17.3. The van der Waals surface area contributed by atoms with Crippen LogP contribution in [0.1, 0.15) is 122 Å². The number of benzene rings is 2. The monoisotopic (exact) mass is 748 g/mol. The predicted molar refractivity (Wildman–Crippen MR) is 209 cm³/mol. The van der Waals surface area contributed by atoms with Crippen molar-refractivity contribution < 1.29 is 32.5 Å². The number of amides is 2. The van der Waals surface area contributed by atoms with Crippen molar-refractivity contribution in [2.45, 2.75) is 139 Å². The normalized spacial score (nSPS) is 12.0. The van der Waals surface area contributed by atoms with Gasteiger partial charge in [0.1, 0.15) is 0 Å². The minimum Gasteiger partial charge on any atom is -0.419 e. The van der Waals surface area contributed by atoms with Crippen LogP contribution in [0.5, 0.6) is 5.75 Å². The Balaban J connectivity index is 0.000000799. The predicted octanol–water partition coefficient (Wildman–Crippen LogP) is 8.44. The number of ether oxygens (including phenoxy) is 1. The Morgan fingerprint density at radius 2 is 1.37 bits per heavy atom. The highest BCUT2D eigenvalue weighted by molar-refractivity contribution is 7.92. The quantitative estimate of drug-likeness (QED) is 0.0882. The molecule has 0 aliphatic heterocycles. The highest BCUT2D eigenvalue weighted by Crippen LogP contribution is 2.32. The van der Waals surface area contributed by atoms with E-state index < -0.39 is 31.7 Å². The standard InChI is InChI=1S/C16H25NO.C15H21NO6S.C8H18N2O/c1-15(2,3)11-12-7-9-13(10-8-12)17-14(18)16(4,5)6;1-10(2)23(20,21)11-6-7-13(12(8-11)16(18)19)22-14(17)9-15(3,4)5;1-6(2)5-8(11)10-9-7(3)4/h7-10H,11H2,1-6H3,(H,17,18);6-8,10H,9H2,1-5H3;6-7,9H,5H2,1-4H3,(H,10,11). The number of hydrogen-bond acceptors (Lipinski definition) is 9. The lowest BCUT2D eigenvalue weighted by molar-refractivity contribution is -0.385. The molecule has 0 heterocycles. The molecule has 2 aromatic rings. The molecule has 3 N–H and O–H groups in total. The molecule has 0 fully saturated rings. The number of carbonyl (C=O) groups excluding carboxylic acids is 3. The zero-order valence-electron chi connectivity index (χ0n) is 34.0. The SMILES string of the molecule is CC(C)(C)Cc1ccc(NC(=O)C(C)(C)C)cc1.CC(C)CC(=O)NNC(C)C.CC(C)S(=O)(=O)c1ccc(OC(=O)CC(C)(C)C)c([N+](=O)[O-])c1. The number of nitrogens with zero attached hydrogens (tertiary/aromatic N) is 1. The van der Waals surface area contributed by atoms with Gasteiger partial charge in [0.05, 0.1) is 21.5 Å². The Hall–Kier alpha value is -3.84. The summed E-state index contributed by atoms with van der Waals surface area (Å²) in [4.78, 5) is 44.9. The van der Waals surface area contributed by atoms with Crippen LogP contribution < -0.4 is 20.9 Å². The van der Waals surface area contributed by atoms with Crippen LogP contribution in [0.4, 0.5) is 11.4 Å². The number of sulfone groups is 1. The van der Waals surface area contributed by atoms with E-state index in [4.69, 9.17) is 4.74 Å². The van der Waals surface area contributed by atoms with Gasteiger partial charge in [-0.15, -0.1) is 0 Å². The number of rotatable bonds is 11. The number of nitro groups is 1. The van der Waals surface area contributed by atoms with E-state index in [2.05, 4.69) is 49.1 Å². The Labute approximate surface area is 312 Å². The van der Waals surface area contributed by atoms with E-state index >= 15 is 0 Å². The van der Waals surface area contributed by atoms with E-state index in [1.54, 1.807) is 0 Å². The molecule has 13 heteroatoms. The van der Waals surface area contributed by atoms with Crippen LogP contribution in [-0.4, -0.2) is 42.4 Å². The van der Waals surface area contributed by atoms with Crippen molar-refractivity contribution in [3.63, 3.8) is 0 Å². The third kappa shape index (κ3) is 20.3. The van der Waals surface area contributed by atoms with Gasteiger partial charge in [-0.1, -0.05) is 88.3 Å². The van der Waals surface area contributed by atoms with Gasteiger partial charge >= 0.3 is 11.7 Å². The Morgan fingerprint density at radius 1 is 0.827 bits per heavy atom. The summed E-state index contributed by atoms with van der Waals surface area (Å²) < 4.78 is 29.2. The molecule has 0 saturated heterocycles. The summed E-state index contributed by atoms with van der Waals surface area (Å²) in [5.41, 5.74) is 6.70. The molecule has 0 spiro atoms. The van der Waals surface area contributed by atoms with Crippen molar-refractivity contribution >= 4 is 39.0 Å². The van der Waals surface area contributed by atoms with Crippen LogP contribution in [0.3, 0.4) is 0 Å². The largest absolute Gasteiger partial charge is 0.419 e. The molecule has 0 bridgehead atoms. The van der Waals surface area contributed by atoms with E-state index in [1.807, 2.05) is 81.4 Å². The number of anilines is 1. The maximum atomic E-state index is 12.1. The minimum atomic E-state index is -3.65. The van der Waals surface area contributed by atoms with Gasteiger partial charge in [-0.05, 0) is 80.7 Å². The van der Waals surface area contributed by atoms with Crippen LogP contribution >= 0.6 is 0 Å². The Morgan fingerprint density at radius 3 is 1.77 bits per heavy atom. The lowest BCUT2D eigenvalue weighted by Gasteiger charge is -2.19. The molecule has 2 aromatic carbocycles.